The van der Waals surface area contributed by atoms with Crippen molar-refractivity contribution in [2.24, 2.45) is 0 Å². The molecule has 0 saturated carbocycles. The lowest BCUT2D eigenvalue weighted by Gasteiger charge is -2.23. The zero-order chi connectivity index (χ0) is 13.7. The molecule has 19 heavy (non-hydrogen) atoms. The van der Waals surface area contributed by atoms with Gasteiger partial charge in [0.15, 0.2) is 6.10 Å². The van der Waals surface area contributed by atoms with Crippen molar-refractivity contribution in [1.29, 1.82) is 0 Å². The zero-order valence-corrected chi connectivity index (χ0v) is 11.7. The van der Waals surface area contributed by atoms with Crippen LogP contribution in [0, 0.1) is 0 Å². The van der Waals surface area contributed by atoms with E-state index in [9.17, 15) is 4.79 Å². The van der Waals surface area contributed by atoms with E-state index in [0.717, 1.165) is 37.2 Å². The molecule has 4 heteroatoms. The second-order valence-corrected chi connectivity index (χ2v) is 4.87. The highest BCUT2D eigenvalue weighted by Gasteiger charge is 2.18. The highest BCUT2D eigenvalue weighted by atomic mass is 16.5. The Bertz CT molecular complexity index is 446. The average Bonchev–Trinajstić information content (AvgIpc) is 2.45. The van der Waals surface area contributed by atoms with Crippen molar-refractivity contribution < 1.29 is 9.53 Å². The van der Waals surface area contributed by atoms with Crippen molar-refractivity contribution in [1.82, 2.24) is 5.32 Å². The van der Waals surface area contributed by atoms with Crippen LogP contribution < -0.4 is 15.4 Å². The van der Waals surface area contributed by atoms with Crippen molar-refractivity contribution in [2.75, 3.05) is 18.4 Å². The highest BCUT2D eigenvalue weighted by molar-refractivity contribution is 5.81. The number of carbonyl (C=O) groups excluding carboxylic acids is 1. The molecule has 0 radical (unpaired) electrons. The summed E-state index contributed by atoms with van der Waals surface area (Å²) in [6, 6.07) is 6.01. The Balaban J connectivity index is 2.04. The van der Waals surface area contributed by atoms with Crippen LogP contribution in [0.3, 0.4) is 0 Å². The number of fused-ring (bicyclic) bond motifs is 1. The molecule has 0 bridgehead atoms. The number of benzene rings is 1. The molecule has 0 aromatic heterocycles. The number of carbonyl (C=O) groups is 1. The van der Waals surface area contributed by atoms with E-state index in [1.54, 1.807) is 6.92 Å². The van der Waals surface area contributed by atoms with Gasteiger partial charge in [0.2, 0.25) is 0 Å². The number of hydrogen-bond donors (Lipinski definition) is 2. The van der Waals surface area contributed by atoms with Crippen LogP contribution >= 0.6 is 0 Å². The monoisotopic (exact) mass is 262 g/mol. The van der Waals surface area contributed by atoms with Crippen LogP contribution in [0.4, 0.5) is 5.69 Å². The number of ether oxygens (including phenoxy) is 1. The van der Waals surface area contributed by atoms with E-state index in [0.29, 0.717) is 6.54 Å². The van der Waals surface area contributed by atoms with Crippen molar-refractivity contribution in [3.8, 4) is 5.75 Å². The van der Waals surface area contributed by atoms with E-state index in [-0.39, 0.29) is 5.91 Å². The van der Waals surface area contributed by atoms with Gasteiger partial charge in [-0.3, -0.25) is 4.79 Å². The fourth-order valence-corrected chi connectivity index (χ4v) is 2.21. The fraction of sp³-hybridized carbons (Fsp3) is 0.533. The molecule has 0 saturated heterocycles. The maximum absolute atomic E-state index is 11.8. The summed E-state index contributed by atoms with van der Waals surface area (Å²) in [5.74, 6) is 0.714. The summed E-state index contributed by atoms with van der Waals surface area (Å²) in [6.45, 7) is 5.47. The Morgan fingerprint density at radius 1 is 1.53 bits per heavy atom. The standard InChI is InChI=1S/C15H22N2O2/c1-3-9-17-15(18)11(2)19-13-8-4-6-12-7-5-10-16-14(12)13/h4,6,8,11,16H,3,5,7,9-10H2,1-2H3,(H,17,18). The second-order valence-electron chi connectivity index (χ2n) is 4.87. The van der Waals surface area contributed by atoms with Gasteiger partial charge in [-0.05, 0) is 37.8 Å². The summed E-state index contributed by atoms with van der Waals surface area (Å²) in [4.78, 5) is 11.8. The Labute approximate surface area is 114 Å². The van der Waals surface area contributed by atoms with Gasteiger partial charge in [0.05, 0.1) is 5.69 Å². The molecule has 1 aromatic rings. The molecule has 0 spiro atoms. The zero-order valence-electron chi connectivity index (χ0n) is 11.7. The molecule has 1 unspecified atom stereocenters. The molecular weight excluding hydrogens is 240 g/mol. The molecule has 4 nitrogen and oxygen atoms in total. The van der Waals surface area contributed by atoms with Gasteiger partial charge >= 0.3 is 0 Å². The van der Waals surface area contributed by atoms with Crippen molar-refractivity contribution in [3.63, 3.8) is 0 Å². The van der Waals surface area contributed by atoms with Gasteiger partial charge in [0.25, 0.3) is 5.91 Å². The lowest BCUT2D eigenvalue weighted by molar-refractivity contribution is -0.127. The molecule has 1 amide bonds. The topological polar surface area (TPSA) is 50.4 Å². The van der Waals surface area contributed by atoms with Crippen LogP contribution in [0.5, 0.6) is 5.75 Å². The van der Waals surface area contributed by atoms with Gasteiger partial charge in [-0.1, -0.05) is 19.1 Å². The van der Waals surface area contributed by atoms with Crippen LogP contribution in [-0.4, -0.2) is 25.1 Å². The maximum atomic E-state index is 11.8. The third kappa shape index (κ3) is 3.40. The Hall–Kier alpha value is -1.71. The van der Waals surface area contributed by atoms with E-state index < -0.39 is 6.10 Å². The third-order valence-corrected chi connectivity index (χ3v) is 3.26. The van der Waals surface area contributed by atoms with Crippen LogP contribution in [-0.2, 0) is 11.2 Å². The molecule has 1 aliphatic rings. The normalized spacial score (nSPS) is 15.1. The number of para-hydroxylation sites is 1. The SMILES string of the molecule is CCCNC(=O)C(C)Oc1cccc2c1NCCC2. The van der Waals surface area contributed by atoms with E-state index in [4.69, 9.17) is 4.74 Å². The Morgan fingerprint density at radius 2 is 2.37 bits per heavy atom. The maximum Gasteiger partial charge on any atom is 0.260 e. The van der Waals surface area contributed by atoms with Gasteiger partial charge in [-0.2, -0.15) is 0 Å². The lowest BCUT2D eigenvalue weighted by atomic mass is 10.0. The number of hydrogen-bond acceptors (Lipinski definition) is 3. The molecule has 0 aliphatic carbocycles. The smallest absolute Gasteiger partial charge is 0.260 e. The first kappa shape index (κ1) is 13.7. The van der Waals surface area contributed by atoms with Gasteiger partial charge < -0.3 is 15.4 Å². The number of anilines is 1. The van der Waals surface area contributed by atoms with Gasteiger partial charge in [-0.25, -0.2) is 0 Å². The van der Waals surface area contributed by atoms with Gasteiger partial charge in [-0.15, -0.1) is 0 Å². The number of nitrogens with one attached hydrogen (secondary N) is 2. The minimum Gasteiger partial charge on any atom is -0.479 e. The lowest BCUT2D eigenvalue weighted by Crippen LogP contribution is -2.36. The minimum absolute atomic E-state index is 0.0599. The fourth-order valence-electron chi connectivity index (χ4n) is 2.21. The Morgan fingerprint density at radius 3 is 3.16 bits per heavy atom. The third-order valence-electron chi connectivity index (χ3n) is 3.26. The van der Waals surface area contributed by atoms with E-state index >= 15 is 0 Å². The number of amides is 1. The van der Waals surface area contributed by atoms with Crippen LogP contribution in [0.25, 0.3) is 0 Å². The molecule has 1 heterocycles. The molecule has 0 fully saturated rings. The molecule has 104 valence electrons. The van der Waals surface area contributed by atoms with Crippen LogP contribution in [0.2, 0.25) is 0 Å². The summed E-state index contributed by atoms with van der Waals surface area (Å²) in [7, 11) is 0. The van der Waals surface area contributed by atoms with E-state index in [2.05, 4.69) is 16.7 Å². The summed E-state index contributed by atoms with van der Waals surface area (Å²) >= 11 is 0. The largest absolute Gasteiger partial charge is 0.479 e. The molecule has 1 aliphatic heterocycles. The molecule has 2 N–H and O–H groups in total. The molecule has 1 atom stereocenters. The quantitative estimate of drug-likeness (QED) is 0.856. The summed E-state index contributed by atoms with van der Waals surface area (Å²) in [5.41, 5.74) is 2.31. The van der Waals surface area contributed by atoms with Crippen LogP contribution in [0.15, 0.2) is 18.2 Å². The van der Waals surface area contributed by atoms with Crippen molar-refractivity contribution in [2.45, 2.75) is 39.2 Å². The molecule has 1 aromatic carbocycles. The predicted molar refractivity (Wildman–Crippen MR) is 76.6 cm³/mol. The number of rotatable bonds is 5. The second kappa shape index (κ2) is 6.45. The first-order valence-electron chi connectivity index (χ1n) is 7.02. The number of aryl methyl sites for hydroxylation is 1. The first-order valence-corrected chi connectivity index (χ1v) is 7.02. The van der Waals surface area contributed by atoms with Crippen molar-refractivity contribution in [3.05, 3.63) is 23.8 Å². The highest BCUT2D eigenvalue weighted by Crippen LogP contribution is 2.32. The average molecular weight is 262 g/mol. The van der Waals surface area contributed by atoms with Crippen LogP contribution in [0.1, 0.15) is 32.3 Å². The van der Waals surface area contributed by atoms with Crippen molar-refractivity contribution >= 4 is 11.6 Å². The molecular formula is C15H22N2O2. The van der Waals surface area contributed by atoms with E-state index in [1.165, 1.54) is 5.56 Å². The van der Waals surface area contributed by atoms with Gasteiger partial charge in [0.1, 0.15) is 5.75 Å². The predicted octanol–water partition coefficient (Wildman–Crippen LogP) is 2.34. The summed E-state index contributed by atoms with van der Waals surface area (Å²) in [5, 5.41) is 6.21. The van der Waals surface area contributed by atoms with E-state index in [1.807, 2.05) is 19.1 Å². The summed E-state index contributed by atoms with van der Waals surface area (Å²) < 4.78 is 5.80. The minimum atomic E-state index is -0.471. The molecule has 2 rings (SSSR count). The first-order chi connectivity index (χ1) is 9.22. The van der Waals surface area contributed by atoms with Gasteiger partial charge in [0, 0.05) is 13.1 Å². The summed E-state index contributed by atoms with van der Waals surface area (Å²) in [6.07, 6.45) is 2.67. The Kier molecular flexibility index (Phi) is 4.66.